The van der Waals surface area contributed by atoms with Gasteiger partial charge in [-0.05, 0) is 73.9 Å². The van der Waals surface area contributed by atoms with Gasteiger partial charge in [0.1, 0.15) is 27.9 Å². The molecule has 0 spiro atoms. The second-order valence-corrected chi connectivity index (χ2v) is 12.5. The van der Waals surface area contributed by atoms with Crippen LogP contribution in [0.5, 0.6) is 0 Å². The molecule has 218 valence electrons. The van der Waals surface area contributed by atoms with Crippen LogP contribution in [0.1, 0.15) is 34.2 Å². The minimum Gasteiger partial charge on any atom is -0.282 e. The number of aliphatic imine (C=N–C) groups is 1. The van der Waals surface area contributed by atoms with Crippen molar-refractivity contribution >= 4 is 59.8 Å². The fourth-order valence-corrected chi connectivity index (χ4v) is 5.74. The van der Waals surface area contributed by atoms with Crippen molar-refractivity contribution < 1.29 is 30.7 Å². The average Bonchev–Trinajstić information content (AvgIpc) is 3.32. The van der Waals surface area contributed by atoms with Crippen LogP contribution in [-0.2, 0) is 26.8 Å². The number of aromatic nitrogens is 2. The van der Waals surface area contributed by atoms with Gasteiger partial charge in [0.15, 0.2) is 5.82 Å². The third-order valence-electron chi connectivity index (χ3n) is 6.87. The highest BCUT2D eigenvalue weighted by molar-refractivity contribution is 7.86. The predicted molar refractivity (Wildman–Crippen MR) is 156 cm³/mol. The first-order chi connectivity index (χ1) is 20.2. The van der Waals surface area contributed by atoms with Gasteiger partial charge in [-0.25, -0.2) is 4.98 Å². The summed E-state index contributed by atoms with van der Waals surface area (Å²) in [5.74, 6) is -0.132. The van der Waals surface area contributed by atoms with Crippen LogP contribution < -0.4 is 0 Å². The molecule has 43 heavy (non-hydrogen) atoms. The molecular weight excluding hydrogens is 596 g/mol. The van der Waals surface area contributed by atoms with Crippen molar-refractivity contribution in [3.05, 3.63) is 82.7 Å². The Morgan fingerprint density at radius 2 is 1.60 bits per heavy atom. The van der Waals surface area contributed by atoms with E-state index in [0.717, 1.165) is 23.8 Å². The van der Waals surface area contributed by atoms with E-state index in [1.165, 1.54) is 4.57 Å². The van der Waals surface area contributed by atoms with Crippen molar-refractivity contribution in [2.75, 3.05) is 0 Å². The summed E-state index contributed by atoms with van der Waals surface area (Å²) in [6, 6.07) is 15.0. The molecule has 1 aliphatic rings. The monoisotopic (exact) mass is 618 g/mol. The largest absolute Gasteiger partial charge is 0.296 e. The SMILES string of the molecule is CC1=C(C#N)c2nc3ccccc3n2C(=O)C1=NCc1cc(C)c(N=Nc2cc(S(=O)(=O)O)ccc2S(=O)(=O)O)cc1C. The van der Waals surface area contributed by atoms with Gasteiger partial charge in [0.25, 0.3) is 26.1 Å². The third-order valence-corrected chi connectivity index (χ3v) is 8.62. The lowest BCUT2D eigenvalue weighted by molar-refractivity contribution is 0.0992. The number of benzene rings is 3. The average molecular weight is 619 g/mol. The standard InChI is InChI=1S/C28H22N6O7S2/c1-15-11-22(32-33-23-12-19(42(36,37)38)8-9-25(23)43(39,40)41)16(2)10-18(15)14-30-26-17(3)20(13-29)27-31-21-6-4-5-7-24(21)34(27)28(26)35/h4-12H,14H2,1-3H3,(H,36,37,38)(H,39,40,41). The van der Waals surface area contributed by atoms with Gasteiger partial charge in [0.2, 0.25) is 0 Å². The molecule has 2 N–H and O–H groups in total. The Balaban J connectivity index is 1.49. The maximum atomic E-state index is 13.5. The van der Waals surface area contributed by atoms with Crippen molar-refractivity contribution in [1.82, 2.24) is 9.55 Å². The molecule has 0 atom stereocenters. The smallest absolute Gasteiger partial charge is 0.282 e. The van der Waals surface area contributed by atoms with E-state index < -0.39 is 41.6 Å². The van der Waals surface area contributed by atoms with Gasteiger partial charge in [0.05, 0.1) is 28.2 Å². The first kappa shape index (κ1) is 29.6. The van der Waals surface area contributed by atoms with E-state index >= 15 is 0 Å². The molecule has 0 saturated carbocycles. The van der Waals surface area contributed by atoms with Crippen molar-refractivity contribution in [3.8, 4) is 6.07 Å². The first-order valence-electron chi connectivity index (χ1n) is 12.5. The molecule has 1 aliphatic heterocycles. The zero-order chi connectivity index (χ0) is 31.3. The molecule has 4 aromatic rings. The molecule has 3 aromatic carbocycles. The number of nitrogens with zero attached hydrogens (tertiary/aromatic N) is 6. The number of aryl methyl sites for hydroxylation is 2. The summed E-state index contributed by atoms with van der Waals surface area (Å²) < 4.78 is 66.8. The second kappa shape index (κ2) is 10.7. The fourth-order valence-electron chi connectivity index (χ4n) is 4.64. The molecule has 0 unspecified atom stereocenters. The van der Waals surface area contributed by atoms with E-state index in [2.05, 4.69) is 26.3 Å². The number of imidazole rings is 1. The number of hydrogen-bond acceptors (Lipinski definition) is 10. The van der Waals surface area contributed by atoms with Crippen molar-refractivity contribution in [1.29, 1.82) is 5.26 Å². The van der Waals surface area contributed by atoms with Crippen LogP contribution in [0.15, 0.2) is 85.2 Å². The maximum absolute atomic E-state index is 13.5. The van der Waals surface area contributed by atoms with Crippen molar-refractivity contribution in [3.63, 3.8) is 0 Å². The van der Waals surface area contributed by atoms with E-state index in [1.807, 2.05) is 0 Å². The molecule has 0 radical (unpaired) electrons. The highest BCUT2D eigenvalue weighted by atomic mass is 32.2. The molecular formula is C28H22N6O7S2. The number of nitriles is 1. The van der Waals surface area contributed by atoms with Gasteiger partial charge in [0, 0.05) is 5.57 Å². The lowest BCUT2D eigenvalue weighted by Gasteiger charge is -2.17. The minimum atomic E-state index is -4.79. The van der Waals surface area contributed by atoms with Gasteiger partial charge in [-0.3, -0.25) is 23.5 Å². The van der Waals surface area contributed by atoms with Crippen LogP contribution in [-0.4, -0.2) is 47.1 Å². The Hall–Kier alpha value is -4.88. The van der Waals surface area contributed by atoms with Gasteiger partial charge in [-0.15, -0.1) is 5.11 Å². The number of carbonyl (C=O) groups excluding carboxylic acids is 1. The van der Waals surface area contributed by atoms with Gasteiger partial charge in [-0.1, -0.05) is 18.2 Å². The van der Waals surface area contributed by atoms with E-state index in [9.17, 15) is 36.0 Å². The molecule has 5 rings (SSSR count). The normalized spacial score (nSPS) is 15.0. The maximum Gasteiger partial charge on any atom is 0.296 e. The molecule has 0 amide bonds. The quantitative estimate of drug-likeness (QED) is 0.216. The number of allylic oxidation sites excluding steroid dienone is 2. The van der Waals surface area contributed by atoms with Crippen LogP contribution in [0.3, 0.4) is 0 Å². The summed E-state index contributed by atoms with van der Waals surface area (Å²) in [7, 11) is -9.47. The number of carbonyl (C=O) groups is 1. The first-order valence-corrected chi connectivity index (χ1v) is 15.4. The predicted octanol–water partition coefficient (Wildman–Crippen LogP) is 5.15. The Bertz CT molecular complexity index is 2220. The summed E-state index contributed by atoms with van der Waals surface area (Å²) >= 11 is 0. The zero-order valence-corrected chi connectivity index (χ0v) is 24.5. The van der Waals surface area contributed by atoms with Gasteiger partial charge < -0.3 is 0 Å². The van der Waals surface area contributed by atoms with Gasteiger partial charge >= 0.3 is 0 Å². The molecule has 1 aromatic heterocycles. The third kappa shape index (κ3) is 5.51. The van der Waals surface area contributed by atoms with E-state index in [4.69, 9.17) is 0 Å². The van der Waals surface area contributed by atoms with Crippen molar-refractivity contribution in [2.24, 2.45) is 15.2 Å². The van der Waals surface area contributed by atoms with E-state index in [-0.39, 0.29) is 23.7 Å². The molecule has 2 heterocycles. The summed E-state index contributed by atoms with van der Waals surface area (Å²) in [6.07, 6.45) is 0. The van der Waals surface area contributed by atoms with Crippen LogP contribution in [0.2, 0.25) is 0 Å². The highest BCUT2D eigenvalue weighted by Crippen LogP contribution is 2.32. The molecule has 15 heteroatoms. The number of azo groups is 1. The highest BCUT2D eigenvalue weighted by Gasteiger charge is 2.31. The van der Waals surface area contributed by atoms with Crippen LogP contribution in [0.4, 0.5) is 11.4 Å². The van der Waals surface area contributed by atoms with Crippen LogP contribution >= 0.6 is 0 Å². The molecule has 13 nitrogen and oxygen atoms in total. The molecule has 0 saturated heterocycles. The number of fused-ring (bicyclic) bond motifs is 3. The summed E-state index contributed by atoms with van der Waals surface area (Å²) in [4.78, 5) is 21.2. The van der Waals surface area contributed by atoms with E-state index in [0.29, 0.717) is 33.4 Å². The Morgan fingerprint density at radius 3 is 2.28 bits per heavy atom. The molecule has 0 fully saturated rings. The zero-order valence-electron chi connectivity index (χ0n) is 22.8. The van der Waals surface area contributed by atoms with Crippen molar-refractivity contribution in [2.45, 2.75) is 37.1 Å². The Labute approximate surface area is 246 Å². The van der Waals surface area contributed by atoms with E-state index in [1.54, 1.807) is 57.2 Å². The summed E-state index contributed by atoms with van der Waals surface area (Å²) in [5, 5.41) is 17.7. The number of rotatable bonds is 6. The Kier molecular flexibility index (Phi) is 7.40. The molecule has 0 aliphatic carbocycles. The van der Waals surface area contributed by atoms with Gasteiger partial charge in [-0.2, -0.15) is 27.2 Å². The van der Waals surface area contributed by atoms with Crippen LogP contribution in [0.25, 0.3) is 16.6 Å². The lowest BCUT2D eigenvalue weighted by Crippen LogP contribution is -2.29. The fraction of sp³-hybridized carbons (Fsp3) is 0.143. The second-order valence-electron chi connectivity index (χ2n) is 9.69. The van der Waals surface area contributed by atoms with Crippen LogP contribution in [0, 0.1) is 25.2 Å². The number of hydrogen-bond donors (Lipinski definition) is 2. The minimum absolute atomic E-state index is 0.0898. The lowest BCUT2D eigenvalue weighted by atomic mass is 10.00. The summed E-state index contributed by atoms with van der Waals surface area (Å²) in [5.41, 5.74) is 3.77. The topological polar surface area (TPSA) is 204 Å². The number of para-hydroxylation sites is 2. The summed E-state index contributed by atoms with van der Waals surface area (Å²) in [6.45, 7) is 5.21. The molecule has 0 bridgehead atoms. The Morgan fingerprint density at radius 1 is 0.907 bits per heavy atom.